The van der Waals surface area contributed by atoms with Gasteiger partial charge in [0.1, 0.15) is 0 Å². The molecule has 0 aliphatic carbocycles. The number of hydrogen-bond acceptors (Lipinski definition) is 5. The summed E-state index contributed by atoms with van der Waals surface area (Å²) in [5, 5.41) is 0.525. The molecule has 1 aromatic carbocycles. The summed E-state index contributed by atoms with van der Waals surface area (Å²) in [6.45, 7) is -0.0470. The summed E-state index contributed by atoms with van der Waals surface area (Å²) in [4.78, 5) is 38.4. The van der Waals surface area contributed by atoms with Crippen LogP contribution in [-0.4, -0.2) is 49.4 Å². The highest BCUT2D eigenvalue weighted by Gasteiger charge is 2.42. The fourth-order valence-electron chi connectivity index (χ4n) is 2.20. The number of anilines is 1. The molecule has 0 spiro atoms. The molecule has 1 fully saturated rings. The van der Waals surface area contributed by atoms with Crippen molar-refractivity contribution in [2.24, 2.45) is 0 Å². The molecule has 1 saturated heterocycles. The third-order valence-corrected chi connectivity index (χ3v) is 3.60. The van der Waals surface area contributed by atoms with Crippen LogP contribution in [0.3, 0.4) is 0 Å². The van der Waals surface area contributed by atoms with E-state index in [1.165, 1.54) is 12.0 Å². The van der Waals surface area contributed by atoms with Gasteiger partial charge in [-0.05, 0) is 31.3 Å². The van der Waals surface area contributed by atoms with Crippen molar-refractivity contribution in [3.8, 4) is 0 Å². The van der Waals surface area contributed by atoms with E-state index in [0.29, 0.717) is 10.7 Å². The molecule has 1 aliphatic heterocycles. The van der Waals surface area contributed by atoms with Crippen molar-refractivity contribution in [3.05, 3.63) is 29.3 Å². The fraction of sp³-hybridized carbons (Fsp3) is 0.357. The molecule has 1 heterocycles. The Morgan fingerprint density at radius 1 is 1.38 bits per heavy atom. The second-order valence-corrected chi connectivity index (χ2v) is 5.19. The first-order chi connectivity index (χ1) is 9.93. The highest BCUT2D eigenvalue weighted by Crippen LogP contribution is 2.26. The molecule has 6 nitrogen and oxygen atoms in total. The van der Waals surface area contributed by atoms with Crippen LogP contribution in [0.1, 0.15) is 6.42 Å². The number of imide groups is 1. The molecule has 21 heavy (non-hydrogen) atoms. The highest BCUT2D eigenvalue weighted by molar-refractivity contribution is 6.30. The smallest absolute Gasteiger partial charge is 0.319 e. The number of nitrogens with zero attached hydrogens (tertiary/aromatic N) is 2. The summed E-state index contributed by atoms with van der Waals surface area (Å²) in [6, 6.07) is 5.79. The Morgan fingerprint density at radius 3 is 2.57 bits per heavy atom. The van der Waals surface area contributed by atoms with Gasteiger partial charge in [-0.1, -0.05) is 11.6 Å². The van der Waals surface area contributed by atoms with Crippen LogP contribution in [0.25, 0.3) is 0 Å². The molecule has 1 aliphatic rings. The lowest BCUT2D eigenvalue weighted by Crippen LogP contribution is -2.42. The van der Waals surface area contributed by atoms with E-state index in [1.807, 2.05) is 0 Å². The predicted octanol–water partition coefficient (Wildman–Crippen LogP) is 1.08. The standard InChI is InChI=1S/C14H15ClN2O4/c1-16(8-13(19)21-2)11-7-12(18)17(14(11)20)10-5-3-9(15)4-6-10/h3-6,11H,7-8H2,1-2H3. The number of rotatable bonds is 4. The number of methoxy groups -OCH3 is 1. The first kappa shape index (κ1) is 15.5. The molecular weight excluding hydrogens is 296 g/mol. The monoisotopic (exact) mass is 310 g/mol. The van der Waals surface area contributed by atoms with Gasteiger partial charge in [0.15, 0.2) is 0 Å². The Balaban J connectivity index is 2.16. The fourth-order valence-corrected chi connectivity index (χ4v) is 2.33. The molecule has 0 aromatic heterocycles. The van der Waals surface area contributed by atoms with Crippen LogP contribution in [0.4, 0.5) is 5.69 Å². The second-order valence-electron chi connectivity index (χ2n) is 4.75. The third kappa shape index (κ3) is 3.22. The van der Waals surface area contributed by atoms with Gasteiger partial charge in [0.2, 0.25) is 5.91 Å². The number of halogens is 1. The number of benzene rings is 1. The average Bonchev–Trinajstić information content (AvgIpc) is 2.75. The van der Waals surface area contributed by atoms with Gasteiger partial charge >= 0.3 is 5.97 Å². The van der Waals surface area contributed by atoms with Gasteiger partial charge in [0.25, 0.3) is 5.91 Å². The van der Waals surface area contributed by atoms with Crippen LogP contribution in [0.5, 0.6) is 0 Å². The SMILES string of the molecule is COC(=O)CN(C)C1CC(=O)N(c2ccc(Cl)cc2)C1=O. The maximum Gasteiger partial charge on any atom is 0.319 e. The zero-order valence-corrected chi connectivity index (χ0v) is 12.5. The molecule has 0 bridgehead atoms. The molecule has 2 amide bonds. The van der Waals surface area contributed by atoms with Crippen LogP contribution in [0.2, 0.25) is 5.02 Å². The largest absolute Gasteiger partial charge is 0.468 e. The van der Waals surface area contributed by atoms with Crippen molar-refractivity contribution < 1.29 is 19.1 Å². The summed E-state index contributed by atoms with van der Waals surface area (Å²) in [5.41, 5.74) is 0.475. The summed E-state index contributed by atoms with van der Waals surface area (Å²) in [7, 11) is 2.88. The Bertz CT molecular complexity index is 573. The van der Waals surface area contributed by atoms with E-state index in [2.05, 4.69) is 4.74 Å². The summed E-state index contributed by atoms with van der Waals surface area (Å²) in [5.74, 6) is -1.11. The summed E-state index contributed by atoms with van der Waals surface area (Å²) < 4.78 is 4.56. The topological polar surface area (TPSA) is 66.9 Å². The van der Waals surface area contributed by atoms with E-state index >= 15 is 0 Å². The molecule has 2 rings (SSSR count). The number of hydrogen-bond donors (Lipinski definition) is 0. The quantitative estimate of drug-likeness (QED) is 0.615. The van der Waals surface area contributed by atoms with Crippen molar-refractivity contribution in [2.75, 3.05) is 25.6 Å². The minimum absolute atomic E-state index is 0.0367. The van der Waals surface area contributed by atoms with Gasteiger partial charge in [-0.2, -0.15) is 0 Å². The molecule has 7 heteroatoms. The van der Waals surface area contributed by atoms with Gasteiger partial charge in [-0.25, -0.2) is 4.90 Å². The van der Waals surface area contributed by atoms with Crippen LogP contribution < -0.4 is 4.90 Å². The Hall–Kier alpha value is -1.92. The number of amides is 2. The lowest BCUT2D eigenvalue weighted by Gasteiger charge is -2.21. The molecule has 0 N–H and O–H groups in total. The number of likely N-dealkylation sites (N-methyl/N-ethyl adjacent to an activating group) is 1. The Kier molecular flexibility index (Phi) is 4.59. The van der Waals surface area contributed by atoms with E-state index in [0.717, 1.165) is 4.90 Å². The van der Waals surface area contributed by atoms with Crippen LogP contribution in [-0.2, 0) is 19.1 Å². The van der Waals surface area contributed by atoms with Crippen molar-refractivity contribution >= 4 is 35.1 Å². The zero-order chi connectivity index (χ0) is 15.6. The highest BCUT2D eigenvalue weighted by atomic mass is 35.5. The normalized spacial score (nSPS) is 18.5. The number of esters is 1. The predicted molar refractivity (Wildman–Crippen MR) is 77.0 cm³/mol. The van der Waals surface area contributed by atoms with Crippen molar-refractivity contribution in [3.63, 3.8) is 0 Å². The average molecular weight is 311 g/mol. The van der Waals surface area contributed by atoms with Crippen LogP contribution in [0.15, 0.2) is 24.3 Å². The number of ether oxygens (including phenoxy) is 1. The third-order valence-electron chi connectivity index (χ3n) is 3.35. The number of carbonyl (C=O) groups excluding carboxylic acids is 3. The Labute approximate surface area is 127 Å². The van der Waals surface area contributed by atoms with E-state index in [-0.39, 0.29) is 24.8 Å². The summed E-state index contributed by atoms with van der Waals surface area (Å²) >= 11 is 5.80. The van der Waals surface area contributed by atoms with Crippen molar-refractivity contribution in [2.45, 2.75) is 12.5 Å². The Morgan fingerprint density at radius 2 is 2.00 bits per heavy atom. The summed E-state index contributed by atoms with van der Waals surface area (Å²) in [6.07, 6.45) is 0.0367. The maximum atomic E-state index is 12.4. The maximum absolute atomic E-state index is 12.4. The molecule has 1 aromatic rings. The first-order valence-corrected chi connectivity index (χ1v) is 6.71. The molecule has 0 radical (unpaired) electrons. The zero-order valence-electron chi connectivity index (χ0n) is 11.7. The molecule has 1 atom stereocenters. The minimum atomic E-state index is -0.660. The molecule has 1 unspecified atom stereocenters. The van der Waals surface area contributed by atoms with Gasteiger partial charge in [-0.3, -0.25) is 19.3 Å². The van der Waals surface area contributed by atoms with Gasteiger partial charge in [0.05, 0.1) is 31.8 Å². The van der Waals surface area contributed by atoms with E-state index in [9.17, 15) is 14.4 Å². The van der Waals surface area contributed by atoms with E-state index in [4.69, 9.17) is 11.6 Å². The molecule has 112 valence electrons. The molecular formula is C14H15ClN2O4. The lowest BCUT2D eigenvalue weighted by molar-refractivity contribution is -0.142. The minimum Gasteiger partial charge on any atom is -0.468 e. The lowest BCUT2D eigenvalue weighted by atomic mass is 10.2. The second kappa shape index (κ2) is 6.24. The molecule has 0 saturated carbocycles. The van der Waals surface area contributed by atoms with Crippen molar-refractivity contribution in [1.82, 2.24) is 4.90 Å². The first-order valence-electron chi connectivity index (χ1n) is 6.33. The van der Waals surface area contributed by atoms with Crippen molar-refractivity contribution in [1.29, 1.82) is 0 Å². The number of carbonyl (C=O) groups is 3. The van der Waals surface area contributed by atoms with E-state index in [1.54, 1.807) is 31.3 Å². The van der Waals surface area contributed by atoms with Crippen LogP contribution >= 0.6 is 11.6 Å². The van der Waals surface area contributed by atoms with Gasteiger partial charge < -0.3 is 4.74 Å². The van der Waals surface area contributed by atoms with Crippen LogP contribution in [0, 0.1) is 0 Å². The van der Waals surface area contributed by atoms with Gasteiger partial charge in [0, 0.05) is 5.02 Å². The van der Waals surface area contributed by atoms with E-state index < -0.39 is 12.0 Å². The van der Waals surface area contributed by atoms with Gasteiger partial charge in [-0.15, -0.1) is 0 Å².